The van der Waals surface area contributed by atoms with Crippen molar-refractivity contribution in [2.24, 2.45) is 0 Å². The molecule has 0 aliphatic carbocycles. The Morgan fingerprint density at radius 3 is 2.83 bits per heavy atom. The number of carbonyl (C=O) groups excluding carboxylic acids is 1. The summed E-state index contributed by atoms with van der Waals surface area (Å²) in [6, 6.07) is 9.29. The average molecular weight is 420 g/mol. The maximum absolute atomic E-state index is 12.9. The third-order valence-electron chi connectivity index (χ3n) is 4.51. The summed E-state index contributed by atoms with van der Waals surface area (Å²) in [7, 11) is 1.56. The van der Waals surface area contributed by atoms with Gasteiger partial charge in [-0.1, -0.05) is 12.1 Å². The van der Waals surface area contributed by atoms with Crippen molar-refractivity contribution in [1.29, 1.82) is 0 Å². The van der Waals surface area contributed by atoms with E-state index < -0.39 is 0 Å². The first-order valence-electron chi connectivity index (χ1n) is 9.33. The Hall–Kier alpha value is -3.59. The van der Waals surface area contributed by atoms with Gasteiger partial charge in [-0.25, -0.2) is 15.0 Å². The number of carbonyl (C=O) groups is 1. The zero-order valence-electron chi connectivity index (χ0n) is 16.5. The fourth-order valence-corrected chi connectivity index (χ4v) is 3.71. The number of amides is 1. The van der Waals surface area contributed by atoms with Gasteiger partial charge >= 0.3 is 0 Å². The lowest BCUT2D eigenvalue weighted by Gasteiger charge is -2.14. The van der Waals surface area contributed by atoms with E-state index in [0.717, 1.165) is 21.3 Å². The van der Waals surface area contributed by atoms with Crippen LogP contribution in [0.2, 0.25) is 0 Å². The third kappa shape index (κ3) is 4.36. The Labute approximate surface area is 177 Å². The first kappa shape index (κ1) is 19.7. The van der Waals surface area contributed by atoms with Gasteiger partial charge in [-0.3, -0.25) is 9.78 Å². The number of hydrogen-bond donors (Lipinski definition) is 2. The zero-order valence-corrected chi connectivity index (χ0v) is 17.3. The van der Waals surface area contributed by atoms with Crippen molar-refractivity contribution in [1.82, 2.24) is 25.3 Å². The van der Waals surface area contributed by atoms with E-state index in [1.54, 1.807) is 31.8 Å². The van der Waals surface area contributed by atoms with Crippen LogP contribution in [0, 0.1) is 0 Å². The summed E-state index contributed by atoms with van der Waals surface area (Å²) in [6.45, 7) is 2.33. The second-order valence-corrected chi connectivity index (χ2v) is 7.49. The summed E-state index contributed by atoms with van der Waals surface area (Å²) < 4.78 is 5.81. The maximum atomic E-state index is 12.9. The normalized spacial score (nSPS) is 11.8. The van der Waals surface area contributed by atoms with Gasteiger partial charge in [-0.05, 0) is 35.6 Å². The second-order valence-electron chi connectivity index (χ2n) is 6.57. The van der Waals surface area contributed by atoms with Crippen molar-refractivity contribution in [3.8, 4) is 5.88 Å². The highest BCUT2D eigenvalue weighted by Crippen LogP contribution is 2.25. The number of rotatable bonds is 7. The number of fused-ring (bicyclic) bond motifs is 1. The van der Waals surface area contributed by atoms with E-state index in [1.807, 2.05) is 36.6 Å². The standard InChI is InChI=1S/C21H20N6O2S/c1-13(15-4-3-8-22-12-15)25-21-26-16-7-9-30-19(16)18(27-21)20(28)24-11-14-5-6-17(29-2)23-10-14/h3-10,12-13H,11H2,1-2H3,(H,24,28)(H,25,26,27). The lowest BCUT2D eigenvalue weighted by Crippen LogP contribution is -2.24. The molecule has 0 radical (unpaired) electrons. The Balaban J connectivity index is 1.53. The van der Waals surface area contributed by atoms with E-state index in [0.29, 0.717) is 24.1 Å². The largest absolute Gasteiger partial charge is 0.481 e. The minimum absolute atomic E-state index is 0.0592. The summed E-state index contributed by atoms with van der Waals surface area (Å²) >= 11 is 1.44. The molecule has 9 heteroatoms. The van der Waals surface area contributed by atoms with Crippen molar-refractivity contribution in [3.63, 3.8) is 0 Å². The predicted molar refractivity (Wildman–Crippen MR) is 116 cm³/mol. The molecule has 0 spiro atoms. The Morgan fingerprint density at radius 1 is 1.20 bits per heavy atom. The van der Waals surface area contributed by atoms with Gasteiger partial charge in [0.15, 0.2) is 5.69 Å². The summed E-state index contributed by atoms with van der Waals surface area (Å²) in [6.07, 6.45) is 5.19. The fourth-order valence-electron chi connectivity index (χ4n) is 2.89. The number of nitrogens with zero attached hydrogens (tertiary/aromatic N) is 4. The number of anilines is 1. The van der Waals surface area contributed by atoms with E-state index in [1.165, 1.54) is 11.3 Å². The summed E-state index contributed by atoms with van der Waals surface area (Å²) in [5, 5.41) is 8.07. The van der Waals surface area contributed by atoms with Crippen LogP contribution < -0.4 is 15.4 Å². The summed E-state index contributed by atoms with van der Waals surface area (Å²) in [5.41, 5.74) is 2.94. The minimum Gasteiger partial charge on any atom is -0.481 e. The highest BCUT2D eigenvalue weighted by atomic mass is 32.1. The van der Waals surface area contributed by atoms with Crippen LogP contribution in [0.3, 0.4) is 0 Å². The van der Waals surface area contributed by atoms with Crippen molar-refractivity contribution in [2.75, 3.05) is 12.4 Å². The first-order chi connectivity index (χ1) is 14.6. The number of aromatic nitrogens is 4. The monoisotopic (exact) mass is 420 g/mol. The molecule has 30 heavy (non-hydrogen) atoms. The smallest absolute Gasteiger partial charge is 0.271 e. The minimum atomic E-state index is -0.266. The molecular weight excluding hydrogens is 400 g/mol. The van der Waals surface area contributed by atoms with Crippen LogP contribution in [-0.2, 0) is 6.54 Å². The number of pyridine rings is 2. The van der Waals surface area contributed by atoms with Crippen LogP contribution in [0.5, 0.6) is 5.88 Å². The predicted octanol–water partition coefficient (Wildman–Crippen LogP) is 3.59. The molecule has 4 heterocycles. The number of nitrogens with one attached hydrogen (secondary N) is 2. The van der Waals surface area contributed by atoms with Gasteiger partial charge < -0.3 is 15.4 Å². The van der Waals surface area contributed by atoms with Gasteiger partial charge in [0.2, 0.25) is 11.8 Å². The Kier molecular flexibility index (Phi) is 5.80. The Bertz CT molecular complexity index is 1150. The SMILES string of the molecule is COc1ccc(CNC(=O)c2nc(NC(C)c3cccnc3)nc3ccsc23)cn1. The van der Waals surface area contributed by atoms with E-state index in [-0.39, 0.29) is 11.9 Å². The molecule has 0 bridgehead atoms. The topological polar surface area (TPSA) is 102 Å². The van der Waals surface area contributed by atoms with Crippen molar-refractivity contribution >= 4 is 33.4 Å². The van der Waals surface area contributed by atoms with Crippen LogP contribution in [0.15, 0.2) is 54.3 Å². The molecule has 8 nitrogen and oxygen atoms in total. The van der Waals surface area contributed by atoms with E-state index in [4.69, 9.17) is 4.74 Å². The highest BCUT2D eigenvalue weighted by molar-refractivity contribution is 7.17. The second kappa shape index (κ2) is 8.83. The van der Waals surface area contributed by atoms with Gasteiger partial charge in [-0.2, -0.15) is 0 Å². The molecule has 0 aliphatic heterocycles. The molecule has 1 amide bonds. The zero-order chi connectivity index (χ0) is 20.9. The molecule has 1 unspecified atom stereocenters. The molecule has 4 rings (SSSR count). The molecule has 0 aliphatic rings. The molecule has 0 saturated heterocycles. The third-order valence-corrected chi connectivity index (χ3v) is 5.42. The van der Waals surface area contributed by atoms with Crippen molar-refractivity contribution in [2.45, 2.75) is 19.5 Å². The van der Waals surface area contributed by atoms with Crippen molar-refractivity contribution in [3.05, 3.63) is 71.1 Å². The van der Waals surface area contributed by atoms with Gasteiger partial charge in [0.1, 0.15) is 0 Å². The number of thiophene rings is 1. The van der Waals surface area contributed by atoms with Crippen LogP contribution >= 0.6 is 11.3 Å². The molecule has 4 aromatic rings. The fraction of sp³-hybridized carbons (Fsp3) is 0.190. The molecule has 0 fully saturated rings. The maximum Gasteiger partial charge on any atom is 0.271 e. The number of ether oxygens (including phenoxy) is 1. The van der Waals surface area contributed by atoms with Gasteiger partial charge in [0, 0.05) is 31.2 Å². The van der Waals surface area contributed by atoms with Gasteiger partial charge in [0.05, 0.1) is 23.4 Å². The molecule has 1 atom stereocenters. The lowest BCUT2D eigenvalue weighted by molar-refractivity contribution is 0.0948. The van der Waals surface area contributed by atoms with E-state index >= 15 is 0 Å². The van der Waals surface area contributed by atoms with Crippen molar-refractivity contribution < 1.29 is 9.53 Å². The Morgan fingerprint density at radius 2 is 2.10 bits per heavy atom. The van der Waals surface area contributed by atoms with Crippen LogP contribution in [0.25, 0.3) is 10.2 Å². The van der Waals surface area contributed by atoms with Crippen LogP contribution in [0.4, 0.5) is 5.95 Å². The number of hydrogen-bond acceptors (Lipinski definition) is 8. The molecule has 4 aromatic heterocycles. The molecular formula is C21H20N6O2S. The molecule has 2 N–H and O–H groups in total. The quantitative estimate of drug-likeness (QED) is 0.471. The van der Waals surface area contributed by atoms with E-state index in [2.05, 4.69) is 30.6 Å². The summed E-state index contributed by atoms with van der Waals surface area (Å²) in [5.74, 6) is 0.658. The van der Waals surface area contributed by atoms with Gasteiger partial charge in [0.25, 0.3) is 5.91 Å². The summed E-state index contributed by atoms with van der Waals surface area (Å²) in [4.78, 5) is 30.2. The first-order valence-corrected chi connectivity index (χ1v) is 10.2. The van der Waals surface area contributed by atoms with Gasteiger partial charge in [-0.15, -0.1) is 11.3 Å². The molecule has 0 aromatic carbocycles. The van der Waals surface area contributed by atoms with E-state index in [9.17, 15) is 4.79 Å². The van der Waals surface area contributed by atoms with Crippen LogP contribution in [0.1, 0.15) is 34.6 Å². The van der Waals surface area contributed by atoms with Crippen LogP contribution in [-0.4, -0.2) is 33.0 Å². The average Bonchev–Trinajstić information content (AvgIpc) is 3.26. The number of methoxy groups -OCH3 is 1. The molecule has 0 saturated carbocycles. The highest BCUT2D eigenvalue weighted by Gasteiger charge is 2.17. The lowest BCUT2D eigenvalue weighted by atomic mass is 10.1. The molecule has 152 valence electrons.